The Morgan fingerprint density at radius 1 is 1.15 bits per heavy atom. The summed E-state index contributed by atoms with van der Waals surface area (Å²) in [6, 6.07) is -0.255. The summed E-state index contributed by atoms with van der Waals surface area (Å²) in [5, 5.41) is 0. The average Bonchev–Trinajstić information content (AvgIpc) is 2.21. The molecular weight excluding hydrogens is 162 g/mol. The lowest BCUT2D eigenvalue weighted by Gasteiger charge is -2.11. The first-order valence-electron chi connectivity index (χ1n) is 5.37. The highest BCUT2D eigenvalue weighted by atomic mass is 16.1. The lowest BCUT2D eigenvalue weighted by atomic mass is 10.00. The summed E-state index contributed by atoms with van der Waals surface area (Å²) in [7, 11) is 0. The fourth-order valence-corrected chi connectivity index (χ4v) is 0.607. The van der Waals surface area contributed by atoms with Gasteiger partial charge in [0.2, 0.25) is 0 Å². The van der Waals surface area contributed by atoms with E-state index in [0.29, 0.717) is 6.42 Å². The third-order valence-electron chi connectivity index (χ3n) is 1.44. The number of nitrogens with two attached hydrogens (primary N) is 1. The SMILES string of the molecule is CC.CC.CCC(=O)[C@H](N)C(C)C. The number of rotatable bonds is 3. The van der Waals surface area contributed by atoms with Crippen molar-refractivity contribution in [2.45, 2.75) is 60.9 Å². The van der Waals surface area contributed by atoms with E-state index in [1.807, 2.05) is 48.5 Å². The van der Waals surface area contributed by atoms with Gasteiger partial charge in [0.15, 0.2) is 0 Å². The molecule has 2 nitrogen and oxygen atoms in total. The minimum Gasteiger partial charge on any atom is -0.321 e. The van der Waals surface area contributed by atoms with Gasteiger partial charge in [-0.2, -0.15) is 0 Å². The van der Waals surface area contributed by atoms with E-state index in [9.17, 15) is 4.79 Å². The molecule has 0 amide bonds. The van der Waals surface area contributed by atoms with Gasteiger partial charge in [-0.05, 0) is 5.92 Å². The van der Waals surface area contributed by atoms with Gasteiger partial charge in [0.05, 0.1) is 6.04 Å². The monoisotopic (exact) mass is 189 g/mol. The van der Waals surface area contributed by atoms with Crippen LogP contribution >= 0.6 is 0 Å². The summed E-state index contributed by atoms with van der Waals surface area (Å²) >= 11 is 0. The Kier molecular flexibility index (Phi) is 20.1. The van der Waals surface area contributed by atoms with Gasteiger partial charge >= 0.3 is 0 Å². The molecule has 13 heavy (non-hydrogen) atoms. The zero-order chi connectivity index (χ0) is 11.4. The molecule has 0 saturated heterocycles. The van der Waals surface area contributed by atoms with Crippen LogP contribution in [0.25, 0.3) is 0 Å². The maximum absolute atomic E-state index is 10.8. The van der Waals surface area contributed by atoms with E-state index >= 15 is 0 Å². The van der Waals surface area contributed by atoms with Crippen molar-refractivity contribution in [3.8, 4) is 0 Å². The molecule has 0 spiro atoms. The summed E-state index contributed by atoms with van der Waals surface area (Å²) in [6.45, 7) is 13.8. The minimum atomic E-state index is -0.255. The number of hydrogen-bond donors (Lipinski definition) is 1. The molecule has 0 rings (SSSR count). The second-order valence-electron chi connectivity index (χ2n) is 2.59. The number of carbonyl (C=O) groups is 1. The van der Waals surface area contributed by atoms with E-state index in [-0.39, 0.29) is 17.7 Å². The Labute approximate surface area is 83.9 Å². The Bertz CT molecular complexity index is 100. The molecule has 82 valence electrons. The molecule has 0 radical (unpaired) electrons. The molecule has 2 N–H and O–H groups in total. The highest BCUT2D eigenvalue weighted by molar-refractivity contribution is 5.83. The maximum Gasteiger partial charge on any atom is 0.149 e. The molecular formula is C11H27NO. The van der Waals surface area contributed by atoms with Crippen LogP contribution in [0.15, 0.2) is 0 Å². The Balaban J connectivity index is -0.000000218. The molecule has 0 aromatic carbocycles. The molecule has 0 aliphatic rings. The van der Waals surface area contributed by atoms with Gasteiger partial charge in [-0.25, -0.2) is 0 Å². The van der Waals surface area contributed by atoms with Crippen molar-refractivity contribution >= 4 is 5.78 Å². The molecule has 0 aliphatic heterocycles. The first kappa shape index (κ1) is 18.4. The highest BCUT2D eigenvalue weighted by Crippen LogP contribution is 2.00. The van der Waals surface area contributed by atoms with Gasteiger partial charge in [-0.15, -0.1) is 0 Å². The first-order chi connectivity index (χ1) is 6.09. The normalized spacial score (nSPS) is 10.5. The topological polar surface area (TPSA) is 43.1 Å². The summed E-state index contributed by atoms with van der Waals surface area (Å²) in [6.07, 6.45) is 0.555. The summed E-state index contributed by atoms with van der Waals surface area (Å²) < 4.78 is 0. The third-order valence-corrected chi connectivity index (χ3v) is 1.44. The van der Waals surface area contributed by atoms with Crippen LogP contribution in [0, 0.1) is 5.92 Å². The van der Waals surface area contributed by atoms with E-state index < -0.39 is 0 Å². The lowest BCUT2D eigenvalue weighted by Crippen LogP contribution is -2.34. The van der Waals surface area contributed by atoms with Gasteiger partial charge in [0, 0.05) is 6.42 Å². The largest absolute Gasteiger partial charge is 0.321 e. The van der Waals surface area contributed by atoms with Crippen molar-refractivity contribution < 1.29 is 4.79 Å². The highest BCUT2D eigenvalue weighted by Gasteiger charge is 2.13. The van der Waals surface area contributed by atoms with Crippen LogP contribution in [0.2, 0.25) is 0 Å². The van der Waals surface area contributed by atoms with E-state index in [0.717, 1.165) is 0 Å². The van der Waals surface area contributed by atoms with Crippen molar-refractivity contribution in [3.05, 3.63) is 0 Å². The molecule has 0 saturated carbocycles. The van der Waals surface area contributed by atoms with Gasteiger partial charge in [-0.1, -0.05) is 48.5 Å². The van der Waals surface area contributed by atoms with Crippen LogP contribution in [-0.4, -0.2) is 11.8 Å². The summed E-state index contributed by atoms with van der Waals surface area (Å²) in [4.78, 5) is 10.8. The van der Waals surface area contributed by atoms with Gasteiger partial charge in [0.1, 0.15) is 5.78 Å². The van der Waals surface area contributed by atoms with Crippen LogP contribution in [0.4, 0.5) is 0 Å². The quantitative estimate of drug-likeness (QED) is 0.741. The predicted molar refractivity (Wildman–Crippen MR) is 60.8 cm³/mol. The Hall–Kier alpha value is -0.370. The van der Waals surface area contributed by atoms with Crippen LogP contribution in [-0.2, 0) is 4.79 Å². The van der Waals surface area contributed by atoms with Crippen molar-refractivity contribution in [1.29, 1.82) is 0 Å². The van der Waals surface area contributed by atoms with Gasteiger partial charge in [0.25, 0.3) is 0 Å². The van der Waals surface area contributed by atoms with Crippen molar-refractivity contribution in [3.63, 3.8) is 0 Å². The van der Waals surface area contributed by atoms with Crippen LogP contribution in [0.5, 0.6) is 0 Å². The predicted octanol–water partition coefficient (Wildman–Crippen LogP) is 3.00. The Morgan fingerprint density at radius 3 is 1.54 bits per heavy atom. The Morgan fingerprint density at radius 2 is 1.46 bits per heavy atom. The van der Waals surface area contributed by atoms with E-state index in [2.05, 4.69) is 0 Å². The molecule has 0 fully saturated rings. The number of ketones is 1. The molecule has 1 atom stereocenters. The standard InChI is InChI=1S/C7H15NO.2C2H6/c1-4-6(9)7(8)5(2)3;2*1-2/h5,7H,4,8H2,1-3H3;2*1-2H3/t7-;;/m1../s1. The zero-order valence-corrected chi connectivity index (χ0v) is 10.3. The third kappa shape index (κ3) is 11.6. The fraction of sp³-hybridized carbons (Fsp3) is 0.909. The van der Waals surface area contributed by atoms with Crippen LogP contribution < -0.4 is 5.73 Å². The lowest BCUT2D eigenvalue weighted by molar-refractivity contribution is -0.120. The fourth-order valence-electron chi connectivity index (χ4n) is 0.607. The smallest absolute Gasteiger partial charge is 0.149 e. The van der Waals surface area contributed by atoms with Crippen molar-refractivity contribution in [2.75, 3.05) is 0 Å². The van der Waals surface area contributed by atoms with Crippen LogP contribution in [0.1, 0.15) is 54.9 Å². The van der Waals surface area contributed by atoms with E-state index in [4.69, 9.17) is 5.73 Å². The second-order valence-corrected chi connectivity index (χ2v) is 2.59. The van der Waals surface area contributed by atoms with Crippen molar-refractivity contribution in [1.82, 2.24) is 0 Å². The molecule has 0 bridgehead atoms. The average molecular weight is 189 g/mol. The number of carbonyl (C=O) groups excluding carboxylic acids is 1. The number of Topliss-reactive ketones (excluding diaryl/α,β-unsaturated/α-hetero) is 1. The first-order valence-corrected chi connectivity index (χ1v) is 5.37. The molecule has 0 heterocycles. The molecule has 2 heteroatoms. The zero-order valence-electron chi connectivity index (χ0n) is 10.3. The van der Waals surface area contributed by atoms with Crippen molar-refractivity contribution in [2.24, 2.45) is 11.7 Å². The maximum atomic E-state index is 10.8. The minimum absolute atomic E-state index is 0.157. The van der Waals surface area contributed by atoms with E-state index in [1.165, 1.54) is 0 Å². The molecule has 0 aromatic rings. The summed E-state index contributed by atoms with van der Waals surface area (Å²) in [5.41, 5.74) is 5.52. The van der Waals surface area contributed by atoms with Crippen LogP contribution in [0.3, 0.4) is 0 Å². The molecule has 0 aliphatic carbocycles. The second kappa shape index (κ2) is 14.2. The van der Waals surface area contributed by atoms with E-state index in [1.54, 1.807) is 0 Å². The number of hydrogen-bond acceptors (Lipinski definition) is 2. The molecule has 0 unspecified atom stereocenters. The van der Waals surface area contributed by atoms with Gasteiger partial charge < -0.3 is 5.73 Å². The van der Waals surface area contributed by atoms with Gasteiger partial charge in [-0.3, -0.25) is 4.79 Å². The summed E-state index contributed by atoms with van der Waals surface area (Å²) in [5.74, 6) is 0.433. The molecule has 0 aromatic heterocycles.